The Morgan fingerprint density at radius 3 is 2.51 bits per heavy atom. The fraction of sp³-hybridized carbons (Fsp3) is 0.404. The molecule has 63 heavy (non-hydrogen) atoms. The number of fused-ring (bicyclic) bond motifs is 1. The zero-order chi connectivity index (χ0) is 44.3. The first-order chi connectivity index (χ1) is 30.2. The molecule has 332 valence electrons. The van der Waals surface area contributed by atoms with E-state index in [1.165, 1.54) is 34.9 Å². The summed E-state index contributed by atoms with van der Waals surface area (Å²) >= 11 is 6.26. The molecule has 3 heterocycles. The van der Waals surface area contributed by atoms with Crippen molar-refractivity contribution in [3.63, 3.8) is 0 Å². The average molecular weight is 897 g/mol. The van der Waals surface area contributed by atoms with E-state index in [0.29, 0.717) is 42.6 Å². The summed E-state index contributed by atoms with van der Waals surface area (Å²) < 4.78 is 41.8. The molecule has 2 aromatic heterocycles. The molecule has 2 fully saturated rings. The van der Waals surface area contributed by atoms with Crippen LogP contribution in [-0.2, 0) is 14.8 Å². The Morgan fingerprint density at radius 1 is 1.02 bits per heavy atom. The number of ether oxygens (including phenoxy) is 2. The largest absolute Gasteiger partial charge is 0.453 e. The van der Waals surface area contributed by atoms with Gasteiger partial charge in [-0.05, 0) is 116 Å². The Morgan fingerprint density at radius 2 is 1.78 bits per heavy atom. The number of nitro benzene ring substituents is 1. The van der Waals surface area contributed by atoms with E-state index in [4.69, 9.17) is 21.1 Å². The predicted molar refractivity (Wildman–Crippen MR) is 246 cm³/mol. The van der Waals surface area contributed by atoms with Crippen LogP contribution in [0.5, 0.6) is 11.5 Å². The van der Waals surface area contributed by atoms with Crippen molar-refractivity contribution in [2.75, 3.05) is 56.6 Å². The van der Waals surface area contributed by atoms with Crippen molar-refractivity contribution in [2.45, 2.75) is 69.8 Å². The maximum Gasteiger partial charge on any atom is 0.293 e. The van der Waals surface area contributed by atoms with E-state index >= 15 is 0 Å². The summed E-state index contributed by atoms with van der Waals surface area (Å²) in [6.07, 6.45) is 10.3. The third-order valence-electron chi connectivity index (χ3n) is 12.8. The first-order valence-corrected chi connectivity index (χ1v) is 23.4. The SMILES string of the molecule is COC1CCC(CNc2ccc(S(=O)(=O)NC(=O)c3cccc(N4CCN(CC5=C(c6ccc(Cl)cc6)CC(C)(C)CC5)CC4)c3Oc3cnc4[nH]ccc4c3)cc2[N+](=O)[O-])CC1. The summed E-state index contributed by atoms with van der Waals surface area (Å²) in [6.45, 7) is 8.76. The molecule has 0 spiro atoms. The molecule has 2 aliphatic carbocycles. The lowest BCUT2D eigenvalue weighted by atomic mass is 9.72. The number of carbonyl (C=O) groups is 1. The number of carbonyl (C=O) groups excluding carboxylic acids is 1. The van der Waals surface area contributed by atoms with Crippen LogP contribution in [0, 0.1) is 21.4 Å². The van der Waals surface area contributed by atoms with Gasteiger partial charge < -0.3 is 24.7 Å². The quantitative estimate of drug-likeness (QED) is 0.0716. The number of halogens is 1. The summed E-state index contributed by atoms with van der Waals surface area (Å²) in [5.74, 6) is -0.115. The lowest BCUT2D eigenvalue weighted by Crippen LogP contribution is -2.47. The fourth-order valence-corrected chi connectivity index (χ4v) is 10.2. The number of aromatic nitrogens is 2. The fourth-order valence-electron chi connectivity index (χ4n) is 9.07. The van der Waals surface area contributed by atoms with E-state index in [9.17, 15) is 23.3 Å². The number of nitro groups is 1. The summed E-state index contributed by atoms with van der Waals surface area (Å²) in [5, 5.41) is 16.9. The van der Waals surface area contributed by atoms with Crippen molar-refractivity contribution in [2.24, 2.45) is 11.3 Å². The second-order valence-corrected chi connectivity index (χ2v) is 19.8. The molecule has 5 aromatic rings. The lowest BCUT2D eigenvalue weighted by molar-refractivity contribution is -0.384. The smallest absolute Gasteiger partial charge is 0.293 e. The summed E-state index contributed by atoms with van der Waals surface area (Å²) in [4.78, 5) is 37.5. The normalized spacial score (nSPS) is 19.5. The van der Waals surface area contributed by atoms with Gasteiger partial charge in [-0.2, -0.15) is 0 Å². The molecule has 1 aliphatic heterocycles. The van der Waals surface area contributed by atoms with E-state index in [2.05, 4.69) is 55.8 Å². The molecule has 1 saturated carbocycles. The number of nitrogens with zero attached hydrogens (tertiary/aromatic N) is 4. The molecule has 0 atom stereocenters. The van der Waals surface area contributed by atoms with Gasteiger partial charge in [0.1, 0.15) is 17.1 Å². The maximum absolute atomic E-state index is 14.2. The minimum absolute atomic E-state index is 0.0220. The van der Waals surface area contributed by atoms with Gasteiger partial charge in [0.05, 0.1) is 33.4 Å². The molecule has 0 unspecified atom stereocenters. The minimum atomic E-state index is -4.58. The van der Waals surface area contributed by atoms with Crippen LogP contribution in [0.1, 0.15) is 74.7 Å². The number of benzene rings is 3. The number of amides is 1. The molecule has 1 saturated heterocycles. The zero-order valence-corrected chi connectivity index (χ0v) is 37.4. The third-order valence-corrected chi connectivity index (χ3v) is 14.3. The van der Waals surface area contributed by atoms with Gasteiger partial charge in [-0.3, -0.25) is 19.8 Å². The number of methoxy groups -OCH3 is 1. The summed E-state index contributed by atoms with van der Waals surface area (Å²) in [6, 6.07) is 20.5. The van der Waals surface area contributed by atoms with Gasteiger partial charge in [0.2, 0.25) is 0 Å². The van der Waals surface area contributed by atoms with Crippen molar-refractivity contribution in [1.29, 1.82) is 0 Å². The summed E-state index contributed by atoms with van der Waals surface area (Å²) in [5.41, 5.74) is 5.31. The van der Waals surface area contributed by atoms with Crippen LogP contribution < -0.4 is 19.7 Å². The number of H-pyrrole nitrogens is 1. The number of allylic oxidation sites excluding steroid dienone is 1. The number of rotatable bonds is 14. The molecule has 0 bridgehead atoms. The second kappa shape index (κ2) is 18.7. The van der Waals surface area contributed by atoms with Crippen LogP contribution in [0.3, 0.4) is 0 Å². The number of sulfonamides is 1. The molecule has 8 rings (SSSR count). The number of para-hydroxylation sites is 1. The highest BCUT2D eigenvalue weighted by Gasteiger charge is 2.32. The van der Waals surface area contributed by atoms with Crippen LogP contribution in [0.15, 0.2) is 95.7 Å². The van der Waals surface area contributed by atoms with Crippen molar-refractivity contribution in [1.82, 2.24) is 19.6 Å². The molecule has 3 N–H and O–H groups in total. The van der Waals surface area contributed by atoms with E-state index < -0.39 is 31.4 Å². The van der Waals surface area contributed by atoms with Gasteiger partial charge in [0.25, 0.3) is 21.6 Å². The first kappa shape index (κ1) is 44.1. The Kier molecular flexibility index (Phi) is 13.1. The predicted octanol–water partition coefficient (Wildman–Crippen LogP) is 9.44. The molecular weight excluding hydrogens is 842 g/mol. The number of hydrogen-bond donors (Lipinski definition) is 3. The number of hydrogen-bond acceptors (Lipinski definition) is 11. The minimum Gasteiger partial charge on any atom is -0.453 e. The topological polar surface area (TPSA) is 172 Å². The van der Waals surface area contributed by atoms with Gasteiger partial charge in [-0.15, -0.1) is 0 Å². The van der Waals surface area contributed by atoms with Crippen LogP contribution in [0.4, 0.5) is 17.1 Å². The maximum atomic E-state index is 14.2. The Hall–Kier alpha value is -5.48. The van der Waals surface area contributed by atoms with Crippen LogP contribution >= 0.6 is 11.6 Å². The highest BCUT2D eigenvalue weighted by Crippen LogP contribution is 2.44. The monoisotopic (exact) mass is 895 g/mol. The van der Waals surface area contributed by atoms with Gasteiger partial charge in [-0.25, -0.2) is 18.1 Å². The lowest BCUT2D eigenvalue weighted by Gasteiger charge is -2.39. The van der Waals surface area contributed by atoms with E-state index in [0.717, 1.165) is 81.1 Å². The molecule has 1 amide bonds. The second-order valence-electron chi connectivity index (χ2n) is 17.7. The van der Waals surface area contributed by atoms with Crippen molar-refractivity contribution < 1.29 is 27.6 Å². The van der Waals surface area contributed by atoms with Gasteiger partial charge >= 0.3 is 0 Å². The number of anilines is 2. The van der Waals surface area contributed by atoms with Crippen molar-refractivity contribution in [3.8, 4) is 11.5 Å². The molecule has 0 radical (unpaired) electrons. The first-order valence-electron chi connectivity index (χ1n) is 21.6. The van der Waals surface area contributed by atoms with E-state index in [-0.39, 0.29) is 28.5 Å². The van der Waals surface area contributed by atoms with Crippen LogP contribution in [-0.4, -0.2) is 86.6 Å². The Bertz CT molecular complexity index is 2620. The number of piperazine rings is 1. The highest BCUT2D eigenvalue weighted by molar-refractivity contribution is 7.90. The van der Waals surface area contributed by atoms with E-state index in [1.54, 1.807) is 31.6 Å². The van der Waals surface area contributed by atoms with Gasteiger partial charge in [0, 0.05) is 69.1 Å². The van der Waals surface area contributed by atoms with Crippen molar-refractivity contribution >= 4 is 61.2 Å². The molecule has 16 heteroatoms. The Balaban J connectivity index is 1.02. The third kappa shape index (κ3) is 10.3. The summed E-state index contributed by atoms with van der Waals surface area (Å²) in [7, 11) is -2.87. The average Bonchev–Trinajstić information content (AvgIpc) is 3.75. The number of nitrogens with one attached hydrogen (secondary N) is 3. The van der Waals surface area contributed by atoms with E-state index in [1.807, 2.05) is 24.3 Å². The van der Waals surface area contributed by atoms with Crippen LogP contribution in [0.2, 0.25) is 5.02 Å². The number of pyridine rings is 1. The standard InChI is InChI=1S/C47H54ClN7O7S/c1-47(2)19-17-34(40(27-47)32-9-11-35(48)12-10-32)30-53-21-23-54(24-22-53)42-6-4-5-39(44(42)62-37-25-33-18-20-49-45(33)51-29-37)46(56)52-63(59,60)38-15-16-41(43(26-38)55(57)58)50-28-31-7-13-36(61-3)14-8-31/h4-6,9-12,15-16,18,20,25-26,29,31,36,50H,7-8,13-14,17,19,21-24,27-28,30H2,1-3H3,(H,49,51)(H,52,56). The molecule has 3 aliphatic rings. The van der Waals surface area contributed by atoms with Crippen molar-refractivity contribution in [3.05, 3.63) is 117 Å². The van der Waals surface area contributed by atoms with Crippen LogP contribution in [0.25, 0.3) is 16.6 Å². The Labute approximate surface area is 373 Å². The molecule has 3 aromatic carbocycles. The zero-order valence-electron chi connectivity index (χ0n) is 35.9. The van der Waals surface area contributed by atoms with Gasteiger partial charge in [0.15, 0.2) is 5.75 Å². The highest BCUT2D eigenvalue weighted by atomic mass is 35.5. The number of aromatic amines is 1. The van der Waals surface area contributed by atoms with Gasteiger partial charge in [-0.1, -0.05) is 49.2 Å². The molecular formula is C47H54ClN7O7S. The molecule has 14 nitrogen and oxygen atoms in total.